The van der Waals surface area contributed by atoms with E-state index in [4.69, 9.17) is 15.9 Å². The monoisotopic (exact) mass is 259 g/mol. The third kappa shape index (κ3) is 2.95. The molecule has 6 nitrogen and oxygen atoms in total. The predicted octanol–water partition coefficient (Wildman–Crippen LogP) is -0.117. The van der Waals surface area contributed by atoms with Crippen molar-refractivity contribution >= 4 is 11.7 Å². The lowest BCUT2D eigenvalue weighted by molar-refractivity contribution is 0.00441. The summed E-state index contributed by atoms with van der Waals surface area (Å²) in [4.78, 5) is 10.8. The highest BCUT2D eigenvalue weighted by atomic mass is 19.1. The molecule has 100 valence electrons. The number of hydrogen-bond donors (Lipinski definition) is 5. The van der Waals surface area contributed by atoms with Crippen LogP contribution in [-0.2, 0) is 0 Å². The largest absolute Gasteiger partial charge is 0.478 e. The Morgan fingerprint density at radius 3 is 2.50 bits per heavy atom. The van der Waals surface area contributed by atoms with Gasteiger partial charge in [-0.2, -0.15) is 0 Å². The SMILES string of the molecule is Nc1c(C(=O)O)cc(F)cc1C(O)C(O)CCO. The lowest BCUT2D eigenvalue weighted by Crippen LogP contribution is -2.21. The Hall–Kier alpha value is -1.70. The second-order valence-electron chi connectivity index (χ2n) is 3.79. The number of hydrogen-bond acceptors (Lipinski definition) is 5. The molecule has 0 aliphatic heterocycles. The van der Waals surface area contributed by atoms with Crippen molar-refractivity contribution in [2.75, 3.05) is 12.3 Å². The summed E-state index contributed by atoms with van der Waals surface area (Å²) in [6.07, 6.45) is -3.06. The Morgan fingerprint density at radius 2 is 2.00 bits per heavy atom. The van der Waals surface area contributed by atoms with Crippen molar-refractivity contribution in [3.8, 4) is 0 Å². The number of benzene rings is 1. The van der Waals surface area contributed by atoms with E-state index in [9.17, 15) is 19.4 Å². The Kier molecular flexibility index (Phi) is 4.60. The Balaban J connectivity index is 3.19. The van der Waals surface area contributed by atoms with E-state index in [0.717, 1.165) is 12.1 Å². The van der Waals surface area contributed by atoms with Crippen LogP contribution in [0.5, 0.6) is 0 Å². The molecule has 0 aliphatic carbocycles. The number of aliphatic hydroxyl groups is 3. The molecule has 0 saturated carbocycles. The zero-order chi connectivity index (χ0) is 13.9. The highest BCUT2D eigenvalue weighted by Gasteiger charge is 2.24. The molecule has 6 N–H and O–H groups in total. The van der Waals surface area contributed by atoms with Crippen LogP contribution in [0.3, 0.4) is 0 Å². The average Bonchev–Trinajstić information content (AvgIpc) is 2.30. The van der Waals surface area contributed by atoms with Crippen molar-refractivity contribution in [1.29, 1.82) is 0 Å². The maximum atomic E-state index is 13.2. The summed E-state index contributed by atoms with van der Waals surface area (Å²) in [5.74, 6) is -2.32. The van der Waals surface area contributed by atoms with Crippen molar-refractivity contribution < 1.29 is 29.6 Å². The van der Waals surface area contributed by atoms with E-state index in [0.29, 0.717) is 0 Å². The number of aromatic carboxylic acids is 1. The van der Waals surface area contributed by atoms with E-state index in [1.165, 1.54) is 0 Å². The number of nitrogens with two attached hydrogens (primary N) is 1. The zero-order valence-electron chi connectivity index (χ0n) is 9.38. The van der Waals surface area contributed by atoms with Gasteiger partial charge in [-0.05, 0) is 18.6 Å². The van der Waals surface area contributed by atoms with E-state index in [1.807, 2.05) is 0 Å². The minimum atomic E-state index is -1.56. The maximum Gasteiger partial charge on any atom is 0.337 e. The van der Waals surface area contributed by atoms with Crippen molar-refractivity contribution in [2.24, 2.45) is 0 Å². The quantitative estimate of drug-likeness (QED) is 0.470. The number of carboxylic acids is 1. The van der Waals surface area contributed by atoms with Crippen molar-refractivity contribution in [3.63, 3.8) is 0 Å². The molecule has 1 aromatic carbocycles. The van der Waals surface area contributed by atoms with E-state index >= 15 is 0 Å². The fourth-order valence-corrected chi connectivity index (χ4v) is 1.56. The molecule has 2 atom stereocenters. The molecule has 0 saturated heterocycles. The predicted molar refractivity (Wildman–Crippen MR) is 60.4 cm³/mol. The van der Waals surface area contributed by atoms with Crippen LogP contribution >= 0.6 is 0 Å². The molecule has 7 heteroatoms. The summed E-state index contributed by atoms with van der Waals surface area (Å²) < 4.78 is 13.2. The van der Waals surface area contributed by atoms with Gasteiger partial charge in [0, 0.05) is 12.2 Å². The Bertz CT molecular complexity index is 451. The molecule has 18 heavy (non-hydrogen) atoms. The number of anilines is 1. The van der Waals surface area contributed by atoms with E-state index in [2.05, 4.69) is 0 Å². The van der Waals surface area contributed by atoms with E-state index in [1.54, 1.807) is 0 Å². The zero-order valence-corrected chi connectivity index (χ0v) is 9.38. The first-order valence-corrected chi connectivity index (χ1v) is 5.17. The van der Waals surface area contributed by atoms with Gasteiger partial charge < -0.3 is 26.2 Å². The highest BCUT2D eigenvalue weighted by molar-refractivity contribution is 5.94. The number of rotatable bonds is 5. The third-order valence-electron chi connectivity index (χ3n) is 2.52. The molecule has 0 heterocycles. The van der Waals surface area contributed by atoms with Gasteiger partial charge in [-0.1, -0.05) is 0 Å². The van der Waals surface area contributed by atoms with Gasteiger partial charge in [-0.3, -0.25) is 0 Å². The lowest BCUT2D eigenvalue weighted by Gasteiger charge is -2.19. The number of halogens is 1. The smallest absolute Gasteiger partial charge is 0.337 e. The van der Waals surface area contributed by atoms with Crippen molar-refractivity contribution in [1.82, 2.24) is 0 Å². The second kappa shape index (κ2) is 5.76. The highest BCUT2D eigenvalue weighted by Crippen LogP contribution is 2.28. The average molecular weight is 259 g/mol. The maximum absolute atomic E-state index is 13.2. The van der Waals surface area contributed by atoms with Gasteiger partial charge in [0.05, 0.1) is 17.4 Å². The van der Waals surface area contributed by atoms with Crippen LogP contribution in [0, 0.1) is 5.82 Å². The normalized spacial score (nSPS) is 14.2. The summed E-state index contributed by atoms with van der Waals surface area (Å²) in [6, 6.07) is 1.58. The first-order chi connectivity index (χ1) is 8.38. The van der Waals surface area contributed by atoms with Gasteiger partial charge in [0.1, 0.15) is 11.9 Å². The van der Waals surface area contributed by atoms with Crippen molar-refractivity contribution in [2.45, 2.75) is 18.6 Å². The standard InChI is InChI=1S/C11H14FNO5/c12-5-3-6(10(16)8(15)1-2-14)9(13)7(4-5)11(17)18/h3-4,8,10,14-16H,1-2,13H2,(H,17,18). The van der Waals surface area contributed by atoms with Crippen LogP contribution in [0.25, 0.3) is 0 Å². The third-order valence-corrected chi connectivity index (χ3v) is 2.52. The van der Waals surface area contributed by atoms with Crippen LogP contribution in [0.2, 0.25) is 0 Å². The van der Waals surface area contributed by atoms with Gasteiger partial charge in [-0.15, -0.1) is 0 Å². The number of carbonyl (C=O) groups is 1. The second-order valence-corrected chi connectivity index (χ2v) is 3.79. The van der Waals surface area contributed by atoms with Crippen molar-refractivity contribution in [3.05, 3.63) is 29.1 Å². The van der Waals surface area contributed by atoms with Crippen LogP contribution in [0.15, 0.2) is 12.1 Å². The van der Waals surface area contributed by atoms with E-state index < -0.39 is 29.6 Å². The van der Waals surface area contributed by atoms with Gasteiger partial charge in [0.2, 0.25) is 0 Å². The van der Waals surface area contributed by atoms with Gasteiger partial charge in [0.15, 0.2) is 0 Å². The summed E-state index contributed by atoms with van der Waals surface area (Å²) >= 11 is 0. The summed E-state index contributed by atoms with van der Waals surface area (Å²) in [5.41, 5.74) is 4.49. The molecule has 0 aromatic heterocycles. The Morgan fingerprint density at radius 1 is 1.39 bits per heavy atom. The van der Waals surface area contributed by atoms with E-state index in [-0.39, 0.29) is 24.3 Å². The summed E-state index contributed by atoms with van der Waals surface area (Å²) in [5, 5.41) is 36.6. The number of nitrogen functional groups attached to an aromatic ring is 1. The van der Waals surface area contributed by atoms with Crippen LogP contribution < -0.4 is 5.73 Å². The van der Waals surface area contributed by atoms with Gasteiger partial charge >= 0.3 is 5.97 Å². The minimum Gasteiger partial charge on any atom is -0.478 e. The molecular weight excluding hydrogens is 245 g/mol. The molecular formula is C11H14FNO5. The fraction of sp³-hybridized carbons (Fsp3) is 0.364. The first kappa shape index (κ1) is 14.4. The molecule has 1 aromatic rings. The van der Waals surface area contributed by atoms with Gasteiger partial charge in [0.25, 0.3) is 0 Å². The fourth-order valence-electron chi connectivity index (χ4n) is 1.56. The minimum absolute atomic E-state index is 0.139. The lowest BCUT2D eigenvalue weighted by atomic mass is 9.97. The van der Waals surface area contributed by atoms with Crippen LogP contribution in [-0.4, -0.2) is 39.1 Å². The molecule has 0 aliphatic rings. The molecule has 0 spiro atoms. The topological polar surface area (TPSA) is 124 Å². The number of carboxylic acid groups (broad SMARTS) is 1. The summed E-state index contributed by atoms with van der Waals surface area (Å²) in [7, 11) is 0. The Labute approximate surface area is 102 Å². The van der Waals surface area contributed by atoms with Crippen LogP contribution in [0.1, 0.15) is 28.4 Å². The first-order valence-electron chi connectivity index (χ1n) is 5.17. The molecule has 2 unspecified atom stereocenters. The molecule has 0 bridgehead atoms. The molecule has 0 amide bonds. The van der Waals surface area contributed by atoms with Crippen LogP contribution in [0.4, 0.5) is 10.1 Å². The number of aliphatic hydroxyl groups excluding tert-OH is 3. The molecule has 0 fully saturated rings. The molecule has 1 rings (SSSR count). The van der Waals surface area contributed by atoms with Gasteiger partial charge in [-0.25, -0.2) is 9.18 Å². The molecule has 0 radical (unpaired) electrons. The summed E-state index contributed by atoms with van der Waals surface area (Å²) in [6.45, 7) is -0.376.